The fourth-order valence-corrected chi connectivity index (χ4v) is 4.59. The van der Waals surface area contributed by atoms with Crippen LogP contribution in [0.1, 0.15) is 41.0 Å². The summed E-state index contributed by atoms with van der Waals surface area (Å²) < 4.78 is 1.20. The van der Waals surface area contributed by atoms with Gasteiger partial charge in [-0.25, -0.2) is 0 Å². The average Bonchev–Trinajstić information content (AvgIpc) is 2.70. The van der Waals surface area contributed by atoms with Crippen molar-refractivity contribution >= 4 is 26.5 Å². The molecule has 1 atom stereocenters. The van der Waals surface area contributed by atoms with Crippen molar-refractivity contribution in [1.29, 1.82) is 0 Å². The summed E-state index contributed by atoms with van der Waals surface area (Å²) in [5.41, 5.74) is 5.66. The summed E-state index contributed by atoms with van der Waals surface area (Å²) in [6.07, 6.45) is 4.80. The van der Waals surface area contributed by atoms with E-state index in [0.717, 1.165) is 19.0 Å². The fraction of sp³-hybridized carbons (Fsp3) is 0.300. The number of piperidine rings is 1. The Balaban J connectivity index is 1.92. The molecular weight excluding hydrogens is 334 g/mol. The van der Waals surface area contributed by atoms with Gasteiger partial charge in [-0.1, -0.05) is 64.5 Å². The van der Waals surface area contributed by atoms with Crippen LogP contribution in [-0.4, -0.2) is 13.1 Å². The highest BCUT2D eigenvalue weighted by atomic mass is 79.9. The second-order valence-corrected chi connectivity index (χ2v) is 7.13. The molecule has 1 nitrogen and oxygen atoms in total. The zero-order valence-corrected chi connectivity index (χ0v) is 14.1. The molecule has 2 aliphatic rings. The molecule has 4 rings (SSSR count). The van der Waals surface area contributed by atoms with E-state index in [1.807, 2.05) is 0 Å². The molecule has 1 aliphatic heterocycles. The van der Waals surface area contributed by atoms with Crippen molar-refractivity contribution in [1.82, 2.24) is 5.32 Å². The number of hydrogen-bond donors (Lipinski definition) is 1. The summed E-state index contributed by atoms with van der Waals surface area (Å²) >= 11 is 3.81. The minimum absolute atomic E-state index is 0.501. The molecule has 0 radical (unpaired) electrons. The zero-order valence-electron chi connectivity index (χ0n) is 12.6. The van der Waals surface area contributed by atoms with Crippen LogP contribution in [0.25, 0.3) is 10.6 Å². The van der Waals surface area contributed by atoms with Crippen LogP contribution in [0, 0.1) is 5.92 Å². The number of rotatable bonds is 1. The van der Waals surface area contributed by atoms with Gasteiger partial charge in [-0.2, -0.15) is 0 Å². The number of hydrogen-bond acceptors (Lipinski definition) is 1. The lowest BCUT2D eigenvalue weighted by Crippen LogP contribution is -2.31. The molecule has 0 spiro atoms. The maximum Gasteiger partial charge on any atom is 0.0256 e. The fourth-order valence-electron chi connectivity index (χ4n) is 3.98. The van der Waals surface area contributed by atoms with Crippen molar-refractivity contribution in [2.75, 3.05) is 13.1 Å². The highest BCUT2D eigenvalue weighted by Crippen LogP contribution is 2.45. The van der Waals surface area contributed by atoms with E-state index in [2.05, 4.69) is 75.9 Å². The van der Waals surface area contributed by atoms with E-state index in [1.54, 1.807) is 0 Å². The van der Waals surface area contributed by atoms with E-state index in [1.165, 1.54) is 39.6 Å². The highest BCUT2D eigenvalue weighted by Gasteiger charge is 2.31. The van der Waals surface area contributed by atoms with Gasteiger partial charge in [0.2, 0.25) is 0 Å². The average molecular weight is 354 g/mol. The number of benzene rings is 2. The topological polar surface area (TPSA) is 12.0 Å². The molecular formula is C20H20BrN. The molecule has 1 fully saturated rings. The minimum atomic E-state index is 0.501. The smallest absolute Gasteiger partial charge is 0.0256 e. The van der Waals surface area contributed by atoms with E-state index >= 15 is 0 Å². The Kier molecular flexibility index (Phi) is 3.89. The first-order chi connectivity index (χ1) is 10.8. The standard InChI is InChI=1S/C20H20BrN/c21-19-13-15-5-1-2-6-16(15)20(14-9-11-22-12-10-14)18-8-4-3-7-17(18)19/h1-8,13-14,20,22H,9-12H2. The van der Waals surface area contributed by atoms with Crippen molar-refractivity contribution in [3.63, 3.8) is 0 Å². The van der Waals surface area contributed by atoms with E-state index in [-0.39, 0.29) is 0 Å². The van der Waals surface area contributed by atoms with Crippen LogP contribution >= 0.6 is 15.9 Å². The van der Waals surface area contributed by atoms with Crippen LogP contribution in [0.15, 0.2) is 48.5 Å². The van der Waals surface area contributed by atoms with Crippen LogP contribution < -0.4 is 5.32 Å². The summed E-state index contributed by atoms with van der Waals surface area (Å²) in [7, 11) is 0. The first-order valence-corrected chi connectivity index (χ1v) is 8.90. The molecule has 1 unspecified atom stereocenters. The lowest BCUT2D eigenvalue weighted by atomic mass is 9.75. The van der Waals surface area contributed by atoms with Crippen LogP contribution in [0.2, 0.25) is 0 Å². The van der Waals surface area contributed by atoms with E-state index < -0.39 is 0 Å². The van der Waals surface area contributed by atoms with E-state index in [4.69, 9.17) is 0 Å². The van der Waals surface area contributed by atoms with Crippen LogP contribution in [-0.2, 0) is 0 Å². The molecule has 0 saturated carbocycles. The molecule has 2 heteroatoms. The van der Waals surface area contributed by atoms with Crippen molar-refractivity contribution in [3.05, 3.63) is 70.8 Å². The zero-order chi connectivity index (χ0) is 14.9. The third-order valence-electron chi connectivity index (χ3n) is 5.02. The molecule has 0 amide bonds. The van der Waals surface area contributed by atoms with Gasteiger partial charge < -0.3 is 5.32 Å². The second kappa shape index (κ2) is 6.02. The Morgan fingerprint density at radius 1 is 0.864 bits per heavy atom. The molecule has 1 heterocycles. The largest absolute Gasteiger partial charge is 0.317 e. The van der Waals surface area contributed by atoms with Gasteiger partial charge >= 0.3 is 0 Å². The van der Waals surface area contributed by atoms with Crippen molar-refractivity contribution < 1.29 is 0 Å². The monoisotopic (exact) mass is 353 g/mol. The number of fused-ring (bicyclic) bond motifs is 2. The van der Waals surface area contributed by atoms with Gasteiger partial charge in [-0.15, -0.1) is 0 Å². The first kappa shape index (κ1) is 14.2. The summed E-state index contributed by atoms with van der Waals surface area (Å²) in [5.74, 6) is 1.22. The molecule has 1 aliphatic carbocycles. The van der Waals surface area contributed by atoms with E-state index in [9.17, 15) is 0 Å². The van der Waals surface area contributed by atoms with Gasteiger partial charge in [-0.05, 0) is 60.2 Å². The molecule has 2 aromatic rings. The molecule has 22 heavy (non-hydrogen) atoms. The predicted molar refractivity (Wildman–Crippen MR) is 97.1 cm³/mol. The maximum absolute atomic E-state index is 3.81. The lowest BCUT2D eigenvalue weighted by molar-refractivity contribution is 0.342. The van der Waals surface area contributed by atoms with Gasteiger partial charge in [0.15, 0.2) is 0 Å². The van der Waals surface area contributed by atoms with Gasteiger partial charge in [0.25, 0.3) is 0 Å². The van der Waals surface area contributed by atoms with Gasteiger partial charge in [-0.3, -0.25) is 0 Å². The molecule has 1 N–H and O–H groups in total. The number of halogens is 1. The summed E-state index contributed by atoms with van der Waals surface area (Å²) in [5, 5.41) is 3.50. The van der Waals surface area contributed by atoms with Crippen LogP contribution in [0.3, 0.4) is 0 Å². The van der Waals surface area contributed by atoms with Gasteiger partial charge in [0.1, 0.15) is 0 Å². The van der Waals surface area contributed by atoms with Gasteiger partial charge in [0.05, 0.1) is 0 Å². The SMILES string of the molecule is BrC1=Cc2ccccc2C(C2CCNCC2)c2ccccc21. The normalized spacial score (nSPS) is 21.5. The first-order valence-electron chi connectivity index (χ1n) is 8.11. The Morgan fingerprint density at radius 3 is 2.36 bits per heavy atom. The van der Waals surface area contributed by atoms with Crippen molar-refractivity contribution in [2.45, 2.75) is 18.8 Å². The van der Waals surface area contributed by atoms with Gasteiger partial charge in [0, 0.05) is 10.4 Å². The number of nitrogens with one attached hydrogen (secondary N) is 1. The molecule has 0 aromatic heterocycles. The van der Waals surface area contributed by atoms with Crippen molar-refractivity contribution in [3.8, 4) is 0 Å². The Bertz CT molecular complexity index is 713. The maximum atomic E-state index is 3.81. The Morgan fingerprint density at radius 2 is 1.55 bits per heavy atom. The summed E-state index contributed by atoms with van der Waals surface area (Å²) in [6, 6.07) is 17.8. The quantitative estimate of drug-likeness (QED) is 0.758. The summed E-state index contributed by atoms with van der Waals surface area (Å²) in [4.78, 5) is 0. The van der Waals surface area contributed by atoms with Crippen LogP contribution in [0.4, 0.5) is 0 Å². The predicted octanol–water partition coefficient (Wildman–Crippen LogP) is 5.02. The van der Waals surface area contributed by atoms with Crippen LogP contribution in [0.5, 0.6) is 0 Å². The molecule has 112 valence electrons. The molecule has 1 saturated heterocycles. The molecule has 2 aromatic carbocycles. The lowest BCUT2D eigenvalue weighted by Gasteiger charge is -2.32. The Hall–Kier alpha value is -1.38. The third-order valence-corrected chi connectivity index (χ3v) is 5.68. The summed E-state index contributed by atoms with van der Waals surface area (Å²) in [6.45, 7) is 2.28. The van der Waals surface area contributed by atoms with E-state index in [0.29, 0.717) is 5.92 Å². The minimum Gasteiger partial charge on any atom is -0.317 e. The third kappa shape index (κ3) is 2.45. The highest BCUT2D eigenvalue weighted by molar-refractivity contribution is 9.15. The Labute approximate surface area is 140 Å². The molecule has 0 bridgehead atoms. The van der Waals surface area contributed by atoms with Crippen molar-refractivity contribution in [2.24, 2.45) is 5.92 Å². The second-order valence-electron chi connectivity index (χ2n) is 6.27.